The van der Waals surface area contributed by atoms with Crippen molar-refractivity contribution in [2.45, 2.75) is 57.0 Å². The smallest absolute Gasteiger partial charge is 0.279 e. The summed E-state index contributed by atoms with van der Waals surface area (Å²) in [5, 5.41) is 0.928. The summed E-state index contributed by atoms with van der Waals surface area (Å²) in [5.74, 6) is 0.459. The van der Waals surface area contributed by atoms with Crippen LogP contribution in [0.15, 0.2) is 24.3 Å². The molecule has 4 bridgehead atoms. The van der Waals surface area contributed by atoms with Crippen LogP contribution in [0.1, 0.15) is 56.5 Å². The van der Waals surface area contributed by atoms with Crippen LogP contribution in [-0.2, 0) is 9.59 Å². The lowest BCUT2D eigenvalue weighted by Crippen LogP contribution is -2.62. The zero-order valence-electron chi connectivity index (χ0n) is 18.5. The number of carbonyl (C=O) groups is 3. The van der Waals surface area contributed by atoms with Crippen molar-refractivity contribution in [3.05, 3.63) is 29.3 Å². The normalized spacial score (nSPS) is 32.7. The molecule has 2 heterocycles. The van der Waals surface area contributed by atoms with E-state index in [2.05, 4.69) is 0 Å². The van der Waals surface area contributed by atoms with Gasteiger partial charge in [-0.3, -0.25) is 14.5 Å². The Morgan fingerprint density at radius 3 is 2.31 bits per heavy atom. The van der Waals surface area contributed by atoms with Crippen molar-refractivity contribution in [2.24, 2.45) is 17.8 Å². The molecule has 1 aromatic heterocycles. The van der Waals surface area contributed by atoms with E-state index < -0.39 is 23.4 Å². The highest BCUT2D eigenvalue weighted by Gasteiger charge is 2.61. The Labute approximate surface area is 191 Å². The third-order valence-corrected chi connectivity index (χ3v) is 9.43. The van der Waals surface area contributed by atoms with Gasteiger partial charge in [0.25, 0.3) is 0 Å². The van der Waals surface area contributed by atoms with E-state index in [1.807, 2.05) is 43.1 Å². The van der Waals surface area contributed by atoms with Gasteiger partial charge in [-0.2, -0.15) is 0 Å². The third-order valence-electron chi connectivity index (χ3n) is 8.23. The summed E-state index contributed by atoms with van der Waals surface area (Å²) >= 11 is 1.61. The van der Waals surface area contributed by atoms with Gasteiger partial charge in [0.1, 0.15) is 5.01 Å². The molecule has 5 fully saturated rings. The number of fused-ring (bicyclic) bond motifs is 1. The van der Waals surface area contributed by atoms with Crippen molar-refractivity contribution < 1.29 is 14.4 Å². The molecule has 0 radical (unpaired) electrons. The number of aromatic nitrogens is 1. The lowest BCUT2D eigenvalue weighted by atomic mass is 9.52. The fourth-order valence-electron chi connectivity index (χ4n) is 6.99. The third kappa shape index (κ3) is 2.95. The Hall–Kier alpha value is -2.32. The van der Waals surface area contributed by atoms with E-state index >= 15 is 0 Å². The van der Waals surface area contributed by atoms with Crippen LogP contribution >= 0.6 is 11.3 Å². The van der Waals surface area contributed by atoms with Crippen LogP contribution in [-0.4, -0.2) is 56.8 Å². The maximum absolute atomic E-state index is 13.4. The van der Waals surface area contributed by atoms with E-state index in [0.29, 0.717) is 17.8 Å². The molecule has 5 aliphatic rings. The molecule has 4 saturated carbocycles. The summed E-state index contributed by atoms with van der Waals surface area (Å²) in [6, 6.07) is 7.47. The molecule has 1 atom stereocenters. The number of carbonyl (C=O) groups excluding carboxylic acids is 3. The fraction of sp³-hybridized carbons (Fsp3) is 0.583. The minimum Gasteiger partial charge on any atom is -0.279 e. The van der Waals surface area contributed by atoms with E-state index in [9.17, 15) is 14.4 Å². The summed E-state index contributed by atoms with van der Waals surface area (Å²) in [6.07, 6.45) is 6.27. The lowest BCUT2D eigenvalue weighted by Gasteiger charge is -2.58. The Kier molecular flexibility index (Phi) is 4.50. The molecule has 8 heteroatoms. The Balaban J connectivity index is 1.22. The largest absolute Gasteiger partial charge is 0.335 e. The van der Waals surface area contributed by atoms with Gasteiger partial charge >= 0.3 is 17.8 Å². The molecule has 2 aromatic rings. The molecule has 32 heavy (non-hydrogen) atoms. The molecule has 1 aliphatic heterocycles. The topological polar surface area (TPSA) is 73.8 Å². The number of rotatable bonds is 5. The monoisotopic (exact) mass is 452 g/mol. The highest BCUT2D eigenvalue weighted by atomic mass is 32.1. The van der Waals surface area contributed by atoms with Gasteiger partial charge in [0.2, 0.25) is 0 Å². The standard InChI is InChI=1S/C24H28N4O3S/c1-14(20-25-18-5-3-4-6-19(18)32-20)26(2)13-27-21(29)22(30)28(23(27)31)24-10-15-7-16(11-24)9-17(8-15)12-24/h3-6,14-17H,7-13H2,1-2H3/t14-,15?,16?,17?,24?/m0/s1. The average molecular weight is 453 g/mol. The number of benzene rings is 1. The van der Waals surface area contributed by atoms with E-state index in [1.54, 1.807) is 11.3 Å². The lowest BCUT2D eigenvalue weighted by molar-refractivity contribution is -0.150. The van der Waals surface area contributed by atoms with Crippen molar-refractivity contribution in [2.75, 3.05) is 13.7 Å². The summed E-state index contributed by atoms with van der Waals surface area (Å²) in [7, 11) is 1.87. The molecular weight excluding hydrogens is 424 g/mol. The molecule has 1 saturated heterocycles. The molecule has 7 nitrogen and oxygen atoms in total. The minimum absolute atomic E-state index is 0.0864. The quantitative estimate of drug-likeness (QED) is 0.506. The second-order valence-corrected chi connectivity index (χ2v) is 11.5. The summed E-state index contributed by atoms with van der Waals surface area (Å²) in [6.45, 7) is 2.10. The van der Waals surface area contributed by atoms with Crippen molar-refractivity contribution in [3.63, 3.8) is 0 Å². The zero-order valence-corrected chi connectivity index (χ0v) is 19.3. The zero-order chi connectivity index (χ0) is 22.2. The van der Waals surface area contributed by atoms with E-state index in [-0.39, 0.29) is 12.7 Å². The fourth-order valence-corrected chi connectivity index (χ4v) is 8.07. The van der Waals surface area contributed by atoms with Crippen LogP contribution in [0.3, 0.4) is 0 Å². The van der Waals surface area contributed by atoms with Gasteiger partial charge in [0.05, 0.1) is 28.5 Å². The van der Waals surface area contributed by atoms with Gasteiger partial charge in [-0.05, 0) is 82.4 Å². The van der Waals surface area contributed by atoms with Crippen LogP contribution in [0.2, 0.25) is 0 Å². The van der Waals surface area contributed by atoms with E-state index in [1.165, 1.54) is 24.2 Å². The Bertz CT molecular complexity index is 1060. The first-order valence-corrected chi connectivity index (χ1v) is 12.4. The number of amides is 4. The predicted molar refractivity (Wildman–Crippen MR) is 121 cm³/mol. The highest BCUT2D eigenvalue weighted by molar-refractivity contribution is 7.18. The Morgan fingerprint density at radius 2 is 1.69 bits per heavy atom. The number of nitrogens with zero attached hydrogens (tertiary/aromatic N) is 4. The van der Waals surface area contributed by atoms with Gasteiger partial charge < -0.3 is 0 Å². The van der Waals surface area contributed by atoms with Crippen LogP contribution in [0.25, 0.3) is 10.2 Å². The van der Waals surface area contributed by atoms with Crippen molar-refractivity contribution >= 4 is 39.4 Å². The van der Waals surface area contributed by atoms with Crippen molar-refractivity contribution in [1.29, 1.82) is 0 Å². The van der Waals surface area contributed by atoms with E-state index in [4.69, 9.17) is 4.98 Å². The maximum atomic E-state index is 13.4. The summed E-state index contributed by atoms with van der Waals surface area (Å²) in [4.78, 5) is 48.6. The first-order chi connectivity index (χ1) is 15.3. The number of hydrogen-bond donors (Lipinski definition) is 0. The van der Waals surface area contributed by atoms with Crippen LogP contribution < -0.4 is 0 Å². The first-order valence-electron chi connectivity index (χ1n) is 11.6. The second kappa shape index (κ2) is 7.09. The minimum atomic E-state index is -0.686. The van der Waals surface area contributed by atoms with Crippen LogP contribution in [0, 0.1) is 17.8 Å². The molecule has 4 amide bonds. The average Bonchev–Trinajstić information content (AvgIpc) is 3.27. The highest BCUT2D eigenvalue weighted by Crippen LogP contribution is 2.58. The molecule has 1 aromatic carbocycles. The molecule has 0 unspecified atom stereocenters. The van der Waals surface area contributed by atoms with Crippen LogP contribution in [0.4, 0.5) is 4.79 Å². The number of urea groups is 1. The molecule has 4 aliphatic carbocycles. The van der Waals surface area contributed by atoms with Gasteiger partial charge in [0, 0.05) is 0 Å². The van der Waals surface area contributed by atoms with E-state index in [0.717, 1.165) is 39.4 Å². The second-order valence-electron chi connectivity index (χ2n) is 10.4. The molecule has 0 spiro atoms. The SMILES string of the molecule is C[C@@H](c1nc2ccccc2s1)N(C)CN1C(=O)C(=O)N(C23CC4CC(CC(C4)C2)C3)C1=O. The van der Waals surface area contributed by atoms with Crippen LogP contribution in [0.5, 0.6) is 0 Å². The molecule has 0 N–H and O–H groups in total. The van der Waals surface area contributed by atoms with Gasteiger partial charge in [-0.1, -0.05) is 12.1 Å². The molecule has 168 valence electrons. The van der Waals surface area contributed by atoms with Gasteiger partial charge in [-0.25, -0.2) is 19.6 Å². The molecular formula is C24H28N4O3S. The maximum Gasteiger partial charge on any atom is 0.335 e. The van der Waals surface area contributed by atoms with Gasteiger partial charge in [-0.15, -0.1) is 11.3 Å². The van der Waals surface area contributed by atoms with Crippen molar-refractivity contribution in [1.82, 2.24) is 19.7 Å². The number of hydrogen-bond acceptors (Lipinski definition) is 6. The predicted octanol–water partition coefficient (Wildman–Crippen LogP) is 4.01. The number of para-hydroxylation sites is 1. The summed E-state index contributed by atoms with van der Waals surface area (Å²) in [5.41, 5.74) is 0.508. The van der Waals surface area contributed by atoms with Crippen molar-refractivity contribution in [3.8, 4) is 0 Å². The number of imide groups is 2. The number of thiazole rings is 1. The molecule has 7 rings (SSSR count). The Morgan fingerprint density at radius 1 is 1.06 bits per heavy atom. The first kappa shape index (κ1) is 20.3. The van der Waals surface area contributed by atoms with Gasteiger partial charge in [0.15, 0.2) is 0 Å². The summed E-state index contributed by atoms with van der Waals surface area (Å²) < 4.78 is 1.11.